The molecule has 0 aliphatic heterocycles. The largest absolute Gasteiger partial charge is 0.366 e. The summed E-state index contributed by atoms with van der Waals surface area (Å²) in [6.45, 7) is 10.3. The Bertz CT molecular complexity index is 150. The fourth-order valence-corrected chi connectivity index (χ4v) is 0.970. The summed E-state index contributed by atoms with van der Waals surface area (Å²) in [6.07, 6.45) is 0. The van der Waals surface area contributed by atoms with Gasteiger partial charge in [0.1, 0.15) is 5.50 Å². The van der Waals surface area contributed by atoms with Crippen molar-refractivity contribution >= 4 is 18.7 Å². The summed E-state index contributed by atoms with van der Waals surface area (Å²) in [5.41, 5.74) is 6.28. The van der Waals surface area contributed by atoms with Crippen LogP contribution in [-0.2, 0) is 0 Å². The number of rotatable bonds is 5. The van der Waals surface area contributed by atoms with Crippen LogP contribution in [0.3, 0.4) is 0 Å². The quantitative estimate of drug-likeness (QED) is 0.501. The maximum absolute atomic E-state index is 5.58. The molecule has 0 heterocycles. The molecule has 0 aromatic rings. The molecule has 0 rings (SSSR count). The molecule has 2 unspecified atom stereocenters. The minimum atomic E-state index is -0.251. The van der Waals surface area contributed by atoms with Gasteiger partial charge in [-0.25, -0.2) is 0 Å². The third kappa shape index (κ3) is 4.07. The molecule has 0 aliphatic rings. The molecule has 0 amide bonds. The molecule has 0 aliphatic carbocycles. The van der Waals surface area contributed by atoms with Gasteiger partial charge in [-0.2, -0.15) is 11.6 Å². The average Bonchev–Trinajstić information content (AvgIpc) is 2.02. The normalized spacial score (nSPS) is 15.8. The van der Waals surface area contributed by atoms with Crippen LogP contribution in [0.5, 0.6) is 0 Å². The summed E-state index contributed by atoms with van der Waals surface area (Å²) >= 11 is 1.09. The van der Waals surface area contributed by atoms with E-state index in [0.717, 1.165) is 17.3 Å². The number of allylic oxidation sites excluding steroid dienone is 1. The smallest absolute Gasteiger partial charge is 0.166 e. The Morgan fingerprint density at radius 2 is 2.00 bits per heavy atom. The van der Waals surface area contributed by atoms with Gasteiger partial charge < -0.3 is 11.1 Å². The van der Waals surface area contributed by atoms with Gasteiger partial charge in [0, 0.05) is 5.70 Å². The molecule has 0 saturated heterocycles. The molecule has 0 aromatic heterocycles. The van der Waals surface area contributed by atoms with Crippen LogP contribution in [0.15, 0.2) is 12.3 Å². The summed E-state index contributed by atoms with van der Waals surface area (Å²) in [4.78, 5) is 0. The van der Waals surface area contributed by atoms with Gasteiger partial charge in [0.25, 0.3) is 0 Å². The van der Waals surface area contributed by atoms with Gasteiger partial charge in [0.2, 0.25) is 0 Å². The zero-order valence-electron chi connectivity index (χ0n) is 8.00. The second-order valence-corrected chi connectivity index (χ2v) is 4.04. The van der Waals surface area contributed by atoms with Crippen molar-refractivity contribution in [3.63, 3.8) is 0 Å². The van der Waals surface area contributed by atoms with Crippen LogP contribution in [-0.4, -0.2) is 12.6 Å². The van der Waals surface area contributed by atoms with Crippen LogP contribution in [0.1, 0.15) is 20.8 Å². The highest BCUT2D eigenvalue weighted by atomic mass is 32.2. The Balaban J connectivity index is 3.87. The van der Waals surface area contributed by atoms with E-state index >= 15 is 0 Å². The summed E-state index contributed by atoms with van der Waals surface area (Å²) in [6, 6.07) is 0. The van der Waals surface area contributed by atoms with Gasteiger partial charge in [0.15, 0.2) is 7.12 Å². The van der Waals surface area contributed by atoms with Crippen molar-refractivity contribution in [3.05, 3.63) is 12.3 Å². The van der Waals surface area contributed by atoms with Crippen LogP contribution < -0.4 is 11.1 Å². The Kier molecular flexibility index (Phi) is 5.50. The van der Waals surface area contributed by atoms with Crippen molar-refractivity contribution in [2.75, 3.05) is 0 Å². The standard InChI is InChI=1S/C8H17BN2S/c1-5(2)6(3)7(4)11-8(10)12-9/h5-6,8,11H,4,10H2,1-3H3. The summed E-state index contributed by atoms with van der Waals surface area (Å²) in [7, 11) is 5.28. The van der Waals surface area contributed by atoms with Crippen molar-refractivity contribution in [2.24, 2.45) is 17.6 Å². The molecule has 0 saturated carbocycles. The van der Waals surface area contributed by atoms with E-state index in [1.807, 2.05) is 0 Å². The van der Waals surface area contributed by atoms with Crippen LogP contribution in [0.4, 0.5) is 0 Å². The predicted molar refractivity (Wildman–Crippen MR) is 57.6 cm³/mol. The molecule has 0 bridgehead atoms. The van der Waals surface area contributed by atoms with Crippen molar-refractivity contribution < 1.29 is 0 Å². The van der Waals surface area contributed by atoms with Gasteiger partial charge in [-0.3, -0.25) is 0 Å². The number of nitrogens with two attached hydrogens (primary N) is 1. The highest BCUT2D eigenvalue weighted by molar-refractivity contribution is 8.20. The molecule has 12 heavy (non-hydrogen) atoms. The van der Waals surface area contributed by atoms with E-state index in [2.05, 4.69) is 32.7 Å². The Hall–Kier alpha value is -0.0851. The zero-order valence-corrected chi connectivity index (χ0v) is 8.82. The van der Waals surface area contributed by atoms with Gasteiger partial charge >= 0.3 is 0 Å². The van der Waals surface area contributed by atoms with E-state index < -0.39 is 0 Å². The molecule has 4 heteroatoms. The highest BCUT2D eigenvalue weighted by Crippen LogP contribution is 2.16. The third-order valence-corrected chi connectivity index (χ3v) is 2.43. The molecular weight excluding hydrogens is 167 g/mol. The van der Waals surface area contributed by atoms with E-state index in [4.69, 9.17) is 12.9 Å². The molecule has 0 fully saturated rings. The summed E-state index contributed by atoms with van der Waals surface area (Å²) < 4.78 is 0. The molecule has 0 spiro atoms. The SMILES string of the molecule is [B]SC(N)NC(=C)C(C)C(C)C. The Morgan fingerprint density at radius 3 is 2.33 bits per heavy atom. The van der Waals surface area contributed by atoms with Gasteiger partial charge in [0.05, 0.1) is 0 Å². The first-order valence-electron chi connectivity index (χ1n) is 4.05. The van der Waals surface area contributed by atoms with Crippen LogP contribution >= 0.6 is 11.6 Å². The second kappa shape index (κ2) is 5.54. The first kappa shape index (κ1) is 11.9. The van der Waals surface area contributed by atoms with Gasteiger partial charge in [-0.15, -0.1) is 0 Å². The Labute approximate surface area is 80.7 Å². The van der Waals surface area contributed by atoms with Crippen LogP contribution in [0, 0.1) is 11.8 Å². The summed E-state index contributed by atoms with van der Waals surface area (Å²) in [5.74, 6) is 0.989. The summed E-state index contributed by atoms with van der Waals surface area (Å²) in [5, 5.41) is 3.03. The Morgan fingerprint density at radius 1 is 1.50 bits per heavy atom. The lowest BCUT2D eigenvalue weighted by atomic mass is 9.95. The first-order valence-corrected chi connectivity index (χ1v) is 4.99. The monoisotopic (exact) mass is 184 g/mol. The molecule has 2 atom stereocenters. The molecular formula is C8H17BN2S. The van der Waals surface area contributed by atoms with Crippen molar-refractivity contribution in [2.45, 2.75) is 26.3 Å². The minimum absolute atomic E-state index is 0.251. The zero-order chi connectivity index (χ0) is 9.72. The first-order chi connectivity index (χ1) is 5.49. The fraction of sp³-hybridized carbons (Fsp3) is 0.750. The molecule has 2 radical (unpaired) electrons. The van der Waals surface area contributed by atoms with Crippen LogP contribution in [0.2, 0.25) is 0 Å². The third-order valence-electron chi connectivity index (χ3n) is 2.02. The van der Waals surface area contributed by atoms with E-state index in [9.17, 15) is 0 Å². The number of nitrogens with one attached hydrogen (secondary N) is 1. The van der Waals surface area contributed by atoms with Gasteiger partial charge in [-0.1, -0.05) is 27.4 Å². The van der Waals surface area contributed by atoms with Gasteiger partial charge in [-0.05, 0) is 11.8 Å². The van der Waals surface area contributed by atoms with E-state index in [1.165, 1.54) is 0 Å². The average molecular weight is 184 g/mol. The van der Waals surface area contributed by atoms with E-state index in [0.29, 0.717) is 11.8 Å². The maximum atomic E-state index is 5.58. The fourth-order valence-electron chi connectivity index (χ4n) is 0.751. The second-order valence-electron chi connectivity index (χ2n) is 3.26. The van der Waals surface area contributed by atoms with Crippen molar-refractivity contribution in [1.82, 2.24) is 5.32 Å². The lowest BCUT2D eigenvalue weighted by molar-refractivity contribution is 0.451. The topological polar surface area (TPSA) is 38.0 Å². The van der Waals surface area contributed by atoms with E-state index in [1.54, 1.807) is 0 Å². The maximum Gasteiger partial charge on any atom is 0.166 e. The lowest BCUT2D eigenvalue weighted by Gasteiger charge is -2.23. The molecule has 3 N–H and O–H groups in total. The molecule has 2 nitrogen and oxygen atoms in total. The molecule has 0 aromatic carbocycles. The lowest BCUT2D eigenvalue weighted by Crippen LogP contribution is -2.35. The minimum Gasteiger partial charge on any atom is -0.366 e. The van der Waals surface area contributed by atoms with E-state index in [-0.39, 0.29) is 5.50 Å². The molecule has 68 valence electrons. The highest BCUT2D eigenvalue weighted by Gasteiger charge is 2.11. The van der Waals surface area contributed by atoms with Crippen molar-refractivity contribution in [3.8, 4) is 0 Å². The number of hydrogen-bond donors (Lipinski definition) is 2. The van der Waals surface area contributed by atoms with Crippen molar-refractivity contribution in [1.29, 1.82) is 0 Å². The predicted octanol–water partition coefficient (Wildman–Crippen LogP) is 1.44. The van der Waals surface area contributed by atoms with Crippen LogP contribution in [0.25, 0.3) is 0 Å². The number of hydrogen-bond acceptors (Lipinski definition) is 3.